The summed E-state index contributed by atoms with van der Waals surface area (Å²) < 4.78 is 0. The van der Waals surface area contributed by atoms with Crippen LogP contribution in [0.15, 0.2) is 0 Å². The highest BCUT2D eigenvalue weighted by Crippen LogP contribution is 1.96. The Morgan fingerprint density at radius 2 is 0.833 bits per heavy atom. The second-order valence-corrected chi connectivity index (χ2v) is 1.86. The lowest BCUT2D eigenvalue weighted by Crippen LogP contribution is -1.85. The zero-order valence-electron chi connectivity index (χ0n) is 8.03. The van der Waals surface area contributed by atoms with Crippen molar-refractivity contribution in [2.45, 2.75) is 25.7 Å². The minimum atomic E-state index is 0.283. The van der Waals surface area contributed by atoms with E-state index in [0.717, 1.165) is 39.9 Å². The summed E-state index contributed by atoms with van der Waals surface area (Å²) in [7, 11) is 2.00. The highest BCUT2D eigenvalue weighted by atomic mass is 16.3. The van der Waals surface area contributed by atoms with Crippen molar-refractivity contribution in [1.29, 1.82) is 0 Å². The summed E-state index contributed by atoms with van der Waals surface area (Å²) in [5.74, 6) is 0. The van der Waals surface area contributed by atoms with Crippen LogP contribution in [0.25, 0.3) is 0 Å². The van der Waals surface area contributed by atoms with E-state index in [1.54, 1.807) is 0 Å². The van der Waals surface area contributed by atoms with Crippen LogP contribution < -0.4 is 0 Å². The fourth-order valence-corrected chi connectivity index (χ4v) is 0.577. The van der Waals surface area contributed by atoms with Crippen LogP contribution in [0, 0.1) is 0 Å². The van der Waals surface area contributed by atoms with Gasteiger partial charge in [-0.3, -0.25) is 0 Å². The average Bonchev–Trinajstić information content (AvgIpc) is 2.19. The molecular formula is C8H22O4. The van der Waals surface area contributed by atoms with Crippen molar-refractivity contribution in [2.24, 2.45) is 0 Å². The van der Waals surface area contributed by atoms with Gasteiger partial charge in [-0.2, -0.15) is 0 Å². The maximum atomic E-state index is 8.30. The molecule has 0 aliphatic rings. The second kappa shape index (κ2) is 30.8. The summed E-state index contributed by atoms with van der Waals surface area (Å²) in [5.41, 5.74) is 0. The molecule has 0 rings (SSSR count). The topological polar surface area (TPSA) is 80.9 Å². The van der Waals surface area contributed by atoms with E-state index >= 15 is 0 Å². The molecule has 0 aliphatic carbocycles. The summed E-state index contributed by atoms with van der Waals surface area (Å²) in [6.07, 6.45) is 3.83. The van der Waals surface area contributed by atoms with Crippen LogP contribution in [0.4, 0.5) is 0 Å². The predicted molar refractivity (Wildman–Crippen MR) is 48.9 cm³/mol. The van der Waals surface area contributed by atoms with Crippen LogP contribution in [0.2, 0.25) is 0 Å². The Labute approximate surface area is 74.5 Å². The molecule has 0 fully saturated rings. The van der Waals surface area contributed by atoms with Crippen LogP contribution in [0.1, 0.15) is 25.7 Å². The lowest BCUT2D eigenvalue weighted by molar-refractivity contribution is 0.265. The van der Waals surface area contributed by atoms with Gasteiger partial charge in [0.1, 0.15) is 0 Å². The molecule has 0 saturated carbocycles. The molecule has 4 heteroatoms. The zero-order valence-corrected chi connectivity index (χ0v) is 8.03. The second-order valence-electron chi connectivity index (χ2n) is 1.86. The molecule has 0 saturated heterocycles. The van der Waals surface area contributed by atoms with Gasteiger partial charge < -0.3 is 20.4 Å². The zero-order chi connectivity index (χ0) is 10.2. The number of hydrogen-bond donors (Lipinski definition) is 4. The maximum Gasteiger partial charge on any atom is 0.0431 e. The van der Waals surface area contributed by atoms with E-state index in [2.05, 4.69) is 0 Å². The lowest BCUT2D eigenvalue weighted by atomic mass is 10.2. The van der Waals surface area contributed by atoms with E-state index in [1.165, 1.54) is 0 Å². The van der Waals surface area contributed by atoms with Crippen molar-refractivity contribution in [3.8, 4) is 0 Å². The Hall–Kier alpha value is -0.160. The van der Waals surface area contributed by atoms with Gasteiger partial charge in [0, 0.05) is 27.4 Å². The predicted octanol–water partition coefficient (Wildman–Crippen LogP) is -0.252. The third-order valence-electron chi connectivity index (χ3n) is 1.07. The van der Waals surface area contributed by atoms with Crippen molar-refractivity contribution in [2.75, 3.05) is 27.4 Å². The van der Waals surface area contributed by atoms with E-state index in [4.69, 9.17) is 20.4 Å². The SMILES string of the molecule is CO.CO.OCCCCCCO. The normalized spacial score (nSPS) is 7.50. The van der Waals surface area contributed by atoms with Crippen molar-refractivity contribution < 1.29 is 20.4 Å². The Kier molecular flexibility index (Phi) is 45.7. The molecule has 0 unspecified atom stereocenters. The first-order chi connectivity index (χ1) is 5.91. The summed E-state index contributed by atoms with van der Waals surface area (Å²) in [5, 5.41) is 30.6. The molecule has 4 N–H and O–H groups in total. The van der Waals surface area contributed by atoms with Gasteiger partial charge in [-0.05, 0) is 12.8 Å². The minimum absolute atomic E-state index is 0.283. The van der Waals surface area contributed by atoms with Gasteiger partial charge >= 0.3 is 0 Å². The molecule has 0 aliphatic heterocycles. The number of unbranched alkanes of at least 4 members (excludes halogenated alkanes) is 3. The lowest BCUT2D eigenvalue weighted by Gasteiger charge is -1.93. The third kappa shape index (κ3) is 32.8. The Morgan fingerprint density at radius 1 is 0.583 bits per heavy atom. The van der Waals surface area contributed by atoms with Gasteiger partial charge in [0.2, 0.25) is 0 Å². The first-order valence-corrected chi connectivity index (χ1v) is 4.03. The highest BCUT2D eigenvalue weighted by molar-refractivity contribution is 4.39. The van der Waals surface area contributed by atoms with E-state index in [9.17, 15) is 0 Å². The Balaban J connectivity index is -0.000000175. The number of rotatable bonds is 5. The van der Waals surface area contributed by atoms with Crippen molar-refractivity contribution in [3.63, 3.8) is 0 Å². The Morgan fingerprint density at radius 3 is 1.00 bits per heavy atom. The molecule has 4 nitrogen and oxygen atoms in total. The summed E-state index contributed by atoms with van der Waals surface area (Å²) in [6.45, 7) is 0.566. The van der Waals surface area contributed by atoms with E-state index in [0.29, 0.717) is 0 Å². The monoisotopic (exact) mass is 182 g/mol. The molecule has 0 radical (unpaired) electrons. The highest BCUT2D eigenvalue weighted by Gasteiger charge is 1.84. The largest absolute Gasteiger partial charge is 0.400 e. The molecule has 0 aromatic rings. The molecule has 12 heavy (non-hydrogen) atoms. The Bertz CT molecular complexity index is 36.0. The van der Waals surface area contributed by atoms with Gasteiger partial charge in [-0.1, -0.05) is 12.8 Å². The van der Waals surface area contributed by atoms with Gasteiger partial charge in [0.25, 0.3) is 0 Å². The molecule has 0 heterocycles. The van der Waals surface area contributed by atoms with Crippen molar-refractivity contribution in [3.05, 3.63) is 0 Å². The van der Waals surface area contributed by atoms with Gasteiger partial charge in [-0.15, -0.1) is 0 Å². The maximum absolute atomic E-state index is 8.30. The molecule has 0 amide bonds. The molecule has 0 aromatic heterocycles. The summed E-state index contributed by atoms with van der Waals surface area (Å²) in [6, 6.07) is 0. The molecule has 0 atom stereocenters. The molecule has 78 valence electrons. The third-order valence-corrected chi connectivity index (χ3v) is 1.07. The molecular weight excluding hydrogens is 160 g/mol. The number of aliphatic hydroxyl groups excluding tert-OH is 4. The minimum Gasteiger partial charge on any atom is -0.400 e. The van der Waals surface area contributed by atoms with Gasteiger partial charge in [0.15, 0.2) is 0 Å². The fraction of sp³-hybridized carbons (Fsp3) is 1.00. The van der Waals surface area contributed by atoms with Crippen LogP contribution in [0.3, 0.4) is 0 Å². The molecule has 0 spiro atoms. The van der Waals surface area contributed by atoms with Gasteiger partial charge in [0.05, 0.1) is 0 Å². The van der Waals surface area contributed by atoms with Crippen molar-refractivity contribution >= 4 is 0 Å². The first-order valence-electron chi connectivity index (χ1n) is 4.03. The fourth-order valence-electron chi connectivity index (χ4n) is 0.577. The van der Waals surface area contributed by atoms with Crippen molar-refractivity contribution in [1.82, 2.24) is 0 Å². The van der Waals surface area contributed by atoms with Crippen LogP contribution >= 0.6 is 0 Å². The van der Waals surface area contributed by atoms with Crippen LogP contribution in [0.5, 0.6) is 0 Å². The van der Waals surface area contributed by atoms with Gasteiger partial charge in [-0.25, -0.2) is 0 Å². The number of hydrogen-bond acceptors (Lipinski definition) is 4. The average molecular weight is 182 g/mol. The van der Waals surface area contributed by atoms with Crippen LogP contribution in [-0.4, -0.2) is 47.9 Å². The van der Waals surface area contributed by atoms with E-state index in [-0.39, 0.29) is 13.2 Å². The quantitative estimate of drug-likeness (QED) is 0.442. The number of aliphatic hydroxyl groups is 4. The summed E-state index contributed by atoms with van der Waals surface area (Å²) in [4.78, 5) is 0. The first kappa shape index (κ1) is 17.8. The smallest absolute Gasteiger partial charge is 0.0431 e. The molecule has 0 aromatic carbocycles. The van der Waals surface area contributed by atoms with E-state index in [1.807, 2.05) is 0 Å². The molecule has 0 bridgehead atoms. The van der Waals surface area contributed by atoms with Crippen LogP contribution in [-0.2, 0) is 0 Å². The van der Waals surface area contributed by atoms with E-state index < -0.39 is 0 Å². The summed E-state index contributed by atoms with van der Waals surface area (Å²) >= 11 is 0. The standard InChI is InChI=1S/C6H14O2.2CH4O/c7-5-3-1-2-4-6-8;2*1-2/h7-8H,1-6H2;2*2H,1H3.